The first-order chi connectivity index (χ1) is 16.7. The second-order valence-electron chi connectivity index (χ2n) is 11.3. The third-order valence-electron chi connectivity index (χ3n) is 6.58. The minimum absolute atomic E-state index is 0.340. The normalized spacial score (nSPS) is 11.3. The number of hydrogen-bond donors (Lipinski definition) is 0. The molecular weight excluding hydrogens is 442 g/mol. The zero-order chi connectivity index (χ0) is 26.9. The average Bonchev–Trinajstić information content (AvgIpc) is 2.74. The number of rotatable bonds is 5. The SMILES string of the molecule is Cc1cc(C)c(C(=C(OC(=O)c2ccc(N(C)C)cc2)C(C)(C)C)c2c(C)cc(C)cc2C)c(C)c1. The molecular formula is C33H41NO2. The molecule has 0 aliphatic carbocycles. The highest BCUT2D eigenvalue weighted by Gasteiger charge is 2.31. The minimum Gasteiger partial charge on any atom is -0.426 e. The van der Waals surface area contributed by atoms with Crippen LogP contribution in [0.5, 0.6) is 0 Å². The summed E-state index contributed by atoms with van der Waals surface area (Å²) in [6.45, 7) is 19.2. The molecule has 3 aromatic carbocycles. The van der Waals surface area contributed by atoms with Gasteiger partial charge in [-0.25, -0.2) is 4.79 Å². The number of benzene rings is 3. The lowest BCUT2D eigenvalue weighted by molar-refractivity contribution is 0.0560. The van der Waals surface area contributed by atoms with Crippen LogP contribution in [0.15, 0.2) is 54.3 Å². The molecule has 0 amide bonds. The Morgan fingerprint density at radius 2 is 1.08 bits per heavy atom. The highest BCUT2D eigenvalue weighted by molar-refractivity contribution is 5.94. The van der Waals surface area contributed by atoms with Gasteiger partial charge in [0.2, 0.25) is 0 Å². The van der Waals surface area contributed by atoms with Gasteiger partial charge < -0.3 is 9.64 Å². The third-order valence-corrected chi connectivity index (χ3v) is 6.58. The smallest absolute Gasteiger partial charge is 0.343 e. The molecule has 0 N–H and O–H groups in total. The van der Waals surface area contributed by atoms with E-state index in [9.17, 15) is 4.79 Å². The van der Waals surface area contributed by atoms with E-state index < -0.39 is 5.41 Å². The van der Waals surface area contributed by atoms with Gasteiger partial charge >= 0.3 is 5.97 Å². The Morgan fingerprint density at radius 3 is 1.42 bits per heavy atom. The number of ether oxygens (including phenoxy) is 1. The summed E-state index contributed by atoms with van der Waals surface area (Å²) in [5.41, 5.74) is 11.6. The maximum Gasteiger partial charge on any atom is 0.343 e. The zero-order valence-electron chi connectivity index (χ0n) is 23.9. The summed E-state index contributed by atoms with van der Waals surface area (Å²) >= 11 is 0. The summed E-state index contributed by atoms with van der Waals surface area (Å²) in [5, 5.41) is 0. The Hall–Kier alpha value is -3.33. The molecule has 0 aliphatic rings. The van der Waals surface area contributed by atoms with Crippen LogP contribution >= 0.6 is 0 Å². The van der Waals surface area contributed by atoms with E-state index >= 15 is 0 Å². The van der Waals surface area contributed by atoms with E-state index in [0.29, 0.717) is 11.3 Å². The molecule has 0 aliphatic heterocycles. The number of anilines is 1. The largest absolute Gasteiger partial charge is 0.426 e. The Balaban J connectivity index is 2.34. The fourth-order valence-electron chi connectivity index (χ4n) is 5.13. The number of carbonyl (C=O) groups excluding carboxylic acids is 1. The maximum absolute atomic E-state index is 13.5. The molecule has 0 radical (unpaired) electrons. The summed E-state index contributed by atoms with van der Waals surface area (Å²) in [4.78, 5) is 15.5. The lowest BCUT2D eigenvalue weighted by Gasteiger charge is -2.29. The van der Waals surface area contributed by atoms with Crippen molar-refractivity contribution in [2.75, 3.05) is 19.0 Å². The number of carbonyl (C=O) groups is 1. The fraction of sp³-hybridized carbons (Fsp3) is 0.364. The molecule has 0 spiro atoms. The van der Waals surface area contributed by atoms with Crippen LogP contribution in [-0.4, -0.2) is 20.1 Å². The van der Waals surface area contributed by atoms with Crippen LogP contribution in [0.4, 0.5) is 5.69 Å². The van der Waals surface area contributed by atoms with Crippen molar-refractivity contribution >= 4 is 17.2 Å². The molecule has 3 nitrogen and oxygen atoms in total. The molecule has 36 heavy (non-hydrogen) atoms. The van der Waals surface area contributed by atoms with Crippen molar-refractivity contribution in [2.24, 2.45) is 5.41 Å². The van der Waals surface area contributed by atoms with Gasteiger partial charge in [0.05, 0.1) is 5.56 Å². The number of hydrogen-bond acceptors (Lipinski definition) is 3. The van der Waals surface area contributed by atoms with Gasteiger partial charge in [-0.3, -0.25) is 0 Å². The van der Waals surface area contributed by atoms with Crippen molar-refractivity contribution in [3.05, 3.63) is 104 Å². The van der Waals surface area contributed by atoms with E-state index in [-0.39, 0.29) is 5.97 Å². The lowest BCUT2D eigenvalue weighted by Crippen LogP contribution is -2.20. The first-order valence-corrected chi connectivity index (χ1v) is 12.6. The zero-order valence-corrected chi connectivity index (χ0v) is 23.9. The van der Waals surface area contributed by atoms with Crippen molar-refractivity contribution in [3.8, 4) is 0 Å². The number of nitrogens with zero attached hydrogens (tertiary/aromatic N) is 1. The van der Waals surface area contributed by atoms with Crippen LogP contribution in [0, 0.1) is 47.0 Å². The van der Waals surface area contributed by atoms with Crippen molar-refractivity contribution < 1.29 is 9.53 Å². The molecule has 3 rings (SSSR count). The summed E-state index contributed by atoms with van der Waals surface area (Å²) in [7, 11) is 3.97. The second-order valence-corrected chi connectivity index (χ2v) is 11.3. The van der Waals surface area contributed by atoms with Crippen molar-refractivity contribution in [2.45, 2.75) is 62.3 Å². The van der Waals surface area contributed by atoms with Crippen LogP contribution in [-0.2, 0) is 4.74 Å². The van der Waals surface area contributed by atoms with Crippen molar-refractivity contribution in [1.29, 1.82) is 0 Å². The first kappa shape index (κ1) is 27.3. The molecule has 190 valence electrons. The number of allylic oxidation sites excluding steroid dienone is 1. The lowest BCUT2D eigenvalue weighted by atomic mass is 9.79. The van der Waals surface area contributed by atoms with E-state index in [4.69, 9.17) is 4.74 Å². The monoisotopic (exact) mass is 483 g/mol. The van der Waals surface area contributed by atoms with E-state index in [1.807, 2.05) is 43.3 Å². The summed E-state index contributed by atoms with van der Waals surface area (Å²) in [5.74, 6) is 0.349. The molecule has 0 fully saturated rings. The van der Waals surface area contributed by atoms with Crippen LogP contribution in [0.25, 0.3) is 5.57 Å². The van der Waals surface area contributed by atoms with E-state index in [1.165, 1.54) is 33.4 Å². The van der Waals surface area contributed by atoms with E-state index in [0.717, 1.165) is 22.4 Å². The Morgan fingerprint density at radius 1 is 0.694 bits per heavy atom. The van der Waals surface area contributed by atoms with Crippen LogP contribution < -0.4 is 4.90 Å². The Kier molecular flexibility index (Phi) is 7.83. The average molecular weight is 484 g/mol. The third kappa shape index (κ3) is 5.73. The molecule has 0 heterocycles. The quantitative estimate of drug-likeness (QED) is 0.270. The summed E-state index contributed by atoms with van der Waals surface area (Å²) in [6, 6.07) is 16.4. The molecule has 3 aromatic rings. The highest BCUT2D eigenvalue weighted by atomic mass is 16.5. The number of aryl methyl sites for hydroxylation is 6. The molecule has 0 unspecified atom stereocenters. The predicted molar refractivity (Wildman–Crippen MR) is 153 cm³/mol. The molecule has 3 heteroatoms. The second kappa shape index (κ2) is 10.3. The van der Waals surface area contributed by atoms with Crippen LogP contribution in [0.2, 0.25) is 0 Å². The van der Waals surface area contributed by atoms with Gasteiger partial charge in [0.25, 0.3) is 0 Å². The fourth-order valence-corrected chi connectivity index (χ4v) is 5.13. The molecule has 0 aromatic heterocycles. The van der Waals surface area contributed by atoms with Crippen LogP contribution in [0.3, 0.4) is 0 Å². The van der Waals surface area contributed by atoms with Crippen molar-refractivity contribution in [3.63, 3.8) is 0 Å². The first-order valence-electron chi connectivity index (χ1n) is 12.6. The van der Waals surface area contributed by atoms with Gasteiger partial charge in [-0.05, 0) is 99.2 Å². The van der Waals surface area contributed by atoms with Gasteiger partial charge in [-0.15, -0.1) is 0 Å². The van der Waals surface area contributed by atoms with Gasteiger partial charge in [0, 0.05) is 30.8 Å². The minimum atomic E-state index is -0.415. The van der Waals surface area contributed by atoms with Gasteiger partial charge in [0.15, 0.2) is 0 Å². The highest BCUT2D eigenvalue weighted by Crippen LogP contribution is 2.42. The topological polar surface area (TPSA) is 29.5 Å². The van der Waals surface area contributed by atoms with E-state index in [1.54, 1.807) is 0 Å². The predicted octanol–water partition coefficient (Wildman–Crippen LogP) is 8.27. The number of esters is 1. The molecule has 0 bridgehead atoms. The summed E-state index contributed by atoms with van der Waals surface area (Å²) < 4.78 is 6.38. The van der Waals surface area contributed by atoms with Gasteiger partial charge in [-0.2, -0.15) is 0 Å². The van der Waals surface area contributed by atoms with Gasteiger partial charge in [0.1, 0.15) is 5.76 Å². The molecule has 0 saturated carbocycles. The standard InChI is InChI=1S/C33H41NO2/c1-20-16-22(3)28(23(4)17-20)30(29-24(5)18-21(2)19-25(29)6)31(33(7,8)9)36-32(35)26-12-14-27(15-13-26)34(10)11/h12-19H,1-11H3. The Labute approximate surface area is 217 Å². The molecule has 0 saturated heterocycles. The molecule has 0 atom stereocenters. The summed E-state index contributed by atoms with van der Waals surface area (Å²) in [6.07, 6.45) is 0. The van der Waals surface area contributed by atoms with E-state index in [2.05, 4.69) is 86.6 Å². The van der Waals surface area contributed by atoms with Crippen LogP contribution in [0.1, 0.15) is 75.6 Å². The van der Waals surface area contributed by atoms with Crippen molar-refractivity contribution in [1.82, 2.24) is 0 Å². The maximum atomic E-state index is 13.5. The van der Waals surface area contributed by atoms with Gasteiger partial charge in [-0.1, -0.05) is 56.2 Å². The Bertz CT molecular complexity index is 1210.